The van der Waals surface area contributed by atoms with E-state index >= 15 is 0 Å². The van der Waals surface area contributed by atoms with Gasteiger partial charge in [0.1, 0.15) is 11.4 Å². The quantitative estimate of drug-likeness (QED) is 0.206. The Hall–Kier alpha value is -2.71. The molecule has 0 fully saturated rings. The Morgan fingerprint density at radius 1 is 1.12 bits per heavy atom. The van der Waals surface area contributed by atoms with Crippen LogP contribution in [0.15, 0.2) is 42.0 Å². The molecular weight excluding hydrogens is 321 g/mol. The van der Waals surface area contributed by atoms with Crippen LogP contribution < -0.4 is 5.32 Å². The molecule has 0 saturated carbocycles. The Morgan fingerprint density at radius 3 is 2.12 bits per heavy atom. The average Bonchev–Trinajstić information content (AvgIpc) is 2.54. The molecule has 0 unspecified atom stereocenters. The van der Waals surface area contributed by atoms with Gasteiger partial charge in [0.05, 0.1) is 6.54 Å². The molecule has 1 rings (SSSR count). The lowest BCUT2D eigenvalue weighted by Gasteiger charge is -2.17. The van der Waals surface area contributed by atoms with Crippen LogP contribution >= 0.6 is 0 Å². The maximum atomic E-state index is 13.1. The number of ether oxygens (including phenoxy) is 2. The summed E-state index contributed by atoms with van der Waals surface area (Å²) in [6.45, 7) is 0.208. The molecule has 8 heteroatoms. The molecule has 130 valence electrons. The number of nitrogens with one attached hydrogen (secondary N) is 1. The van der Waals surface area contributed by atoms with Crippen molar-refractivity contribution in [3.63, 3.8) is 0 Å². The summed E-state index contributed by atoms with van der Waals surface area (Å²) in [5, 5.41) is 20.7. The predicted molar refractivity (Wildman–Crippen MR) is 83.5 cm³/mol. The van der Waals surface area contributed by atoms with E-state index in [1.165, 1.54) is 44.6 Å². The standard InChI is InChI=1S/C16H18FNO6/c1-23-14(24-2)9-18-13(10-3-5-11(17)6-4-10)8-7-12(15(19)20)16(21)22/h3-8,14,18H,9H2,1-2H3,(H,19,20)(H,21,22). The first kappa shape index (κ1) is 19.3. The van der Waals surface area contributed by atoms with Crippen LogP contribution in [0.25, 0.3) is 5.70 Å². The van der Waals surface area contributed by atoms with E-state index in [4.69, 9.17) is 19.7 Å². The molecule has 0 saturated heterocycles. The van der Waals surface area contributed by atoms with Gasteiger partial charge in [0, 0.05) is 19.9 Å². The van der Waals surface area contributed by atoms with Crippen molar-refractivity contribution in [2.24, 2.45) is 0 Å². The predicted octanol–water partition coefficient (Wildman–Crippen LogP) is 1.47. The Labute approximate surface area is 138 Å². The third-order valence-electron chi connectivity index (χ3n) is 3.02. The molecular formula is C16H18FNO6. The molecule has 0 atom stereocenters. The number of allylic oxidation sites excluding steroid dienone is 2. The molecule has 0 radical (unpaired) electrons. The summed E-state index contributed by atoms with van der Waals surface area (Å²) in [7, 11) is 2.90. The van der Waals surface area contributed by atoms with Gasteiger partial charge in [-0.3, -0.25) is 0 Å². The number of methoxy groups -OCH3 is 2. The Morgan fingerprint density at radius 2 is 1.67 bits per heavy atom. The lowest BCUT2D eigenvalue weighted by molar-refractivity contribution is -0.140. The fourth-order valence-corrected chi connectivity index (χ4v) is 1.74. The third kappa shape index (κ3) is 5.82. The largest absolute Gasteiger partial charge is 0.477 e. The van der Waals surface area contributed by atoms with Crippen LogP contribution in [0.2, 0.25) is 0 Å². The highest BCUT2D eigenvalue weighted by Gasteiger charge is 2.15. The molecule has 7 nitrogen and oxygen atoms in total. The number of benzene rings is 1. The highest BCUT2D eigenvalue weighted by atomic mass is 19.1. The minimum absolute atomic E-state index is 0.208. The van der Waals surface area contributed by atoms with Crippen LogP contribution in [-0.4, -0.2) is 49.2 Å². The zero-order valence-corrected chi connectivity index (χ0v) is 13.2. The topological polar surface area (TPSA) is 105 Å². The smallest absolute Gasteiger partial charge is 0.343 e. The first-order valence-corrected chi connectivity index (χ1v) is 6.83. The summed E-state index contributed by atoms with van der Waals surface area (Å²) < 4.78 is 23.1. The summed E-state index contributed by atoms with van der Waals surface area (Å²) in [6, 6.07) is 5.40. The molecule has 24 heavy (non-hydrogen) atoms. The summed E-state index contributed by atoms with van der Waals surface area (Å²) in [6.07, 6.45) is 1.66. The van der Waals surface area contributed by atoms with Crippen molar-refractivity contribution in [2.75, 3.05) is 20.8 Å². The highest BCUT2D eigenvalue weighted by Crippen LogP contribution is 2.14. The molecule has 0 bridgehead atoms. The van der Waals surface area contributed by atoms with Gasteiger partial charge in [0.25, 0.3) is 0 Å². The number of carboxylic acids is 2. The maximum Gasteiger partial charge on any atom is 0.343 e. The van der Waals surface area contributed by atoms with Gasteiger partial charge < -0.3 is 25.0 Å². The number of aliphatic carboxylic acids is 2. The van der Waals surface area contributed by atoms with Gasteiger partial charge in [-0.1, -0.05) is 12.1 Å². The second-order valence-corrected chi connectivity index (χ2v) is 4.56. The minimum Gasteiger partial charge on any atom is -0.477 e. The summed E-state index contributed by atoms with van der Waals surface area (Å²) >= 11 is 0. The van der Waals surface area contributed by atoms with Crippen LogP contribution in [0.1, 0.15) is 5.56 Å². The number of carboxylic acid groups (broad SMARTS) is 2. The van der Waals surface area contributed by atoms with E-state index in [-0.39, 0.29) is 6.54 Å². The SMILES string of the molecule is COC(CNC(=CC=C(C(=O)O)C(=O)O)c1ccc(F)cc1)OC. The molecule has 0 aliphatic rings. The molecule has 0 aliphatic carbocycles. The van der Waals surface area contributed by atoms with Crippen molar-refractivity contribution < 1.29 is 33.7 Å². The van der Waals surface area contributed by atoms with Gasteiger partial charge in [0.2, 0.25) is 0 Å². The highest BCUT2D eigenvalue weighted by molar-refractivity contribution is 6.12. The van der Waals surface area contributed by atoms with Gasteiger partial charge in [0.15, 0.2) is 6.29 Å². The van der Waals surface area contributed by atoms with E-state index in [1.54, 1.807) is 0 Å². The number of rotatable bonds is 9. The van der Waals surface area contributed by atoms with Crippen molar-refractivity contribution in [1.82, 2.24) is 5.32 Å². The van der Waals surface area contributed by atoms with Crippen molar-refractivity contribution in [3.05, 3.63) is 53.4 Å². The molecule has 0 spiro atoms. The summed E-state index contributed by atoms with van der Waals surface area (Å²) in [5.41, 5.74) is 0.120. The van der Waals surface area contributed by atoms with Gasteiger partial charge >= 0.3 is 11.9 Å². The Balaban J connectivity index is 3.14. The van der Waals surface area contributed by atoms with E-state index in [1.807, 2.05) is 0 Å². The normalized spacial score (nSPS) is 11.2. The van der Waals surface area contributed by atoms with Crippen molar-refractivity contribution in [3.8, 4) is 0 Å². The lowest BCUT2D eigenvalue weighted by Crippen LogP contribution is -2.28. The number of halogens is 1. The molecule has 0 aromatic heterocycles. The van der Waals surface area contributed by atoms with Gasteiger partial charge in [-0.05, 0) is 29.8 Å². The van der Waals surface area contributed by atoms with E-state index in [0.717, 1.165) is 6.08 Å². The summed E-state index contributed by atoms with van der Waals surface area (Å²) in [4.78, 5) is 21.8. The van der Waals surface area contributed by atoms with Crippen LogP contribution in [-0.2, 0) is 19.1 Å². The molecule has 0 heterocycles. The van der Waals surface area contributed by atoms with E-state index < -0.39 is 29.6 Å². The lowest BCUT2D eigenvalue weighted by atomic mass is 10.1. The fourth-order valence-electron chi connectivity index (χ4n) is 1.74. The first-order valence-electron chi connectivity index (χ1n) is 6.83. The average molecular weight is 339 g/mol. The number of hydrogen-bond acceptors (Lipinski definition) is 5. The number of hydrogen-bond donors (Lipinski definition) is 3. The fraction of sp³-hybridized carbons (Fsp3) is 0.250. The zero-order chi connectivity index (χ0) is 18.1. The van der Waals surface area contributed by atoms with Gasteiger partial charge in [-0.25, -0.2) is 14.0 Å². The number of carbonyl (C=O) groups is 2. The summed E-state index contributed by atoms with van der Waals surface area (Å²) in [5.74, 6) is -3.57. The Bertz CT molecular complexity index is 618. The molecule has 3 N–H and O–H groups in total. The minimum atomic E-state index is -1.57. The van der Waals surface area contributed by atoms with E-state index in [2.05, 4.69) is 5.32 Å². The first-order chi connectivity index (χ1) is 11.4. The second-order valence-electron chi connectivity index (χ2n) is 4.56. The molecule has 1 aromatic carbocycles. The van der Waals surface area contributed by atoms with E-state index in [9.17, 15) is 14.0 Å². The Kier molecular flexibility index (Phi) is 7.60. The van der Waals surface area contributed by atoms with Crippen molar-refractivity contribution in [2.45, 2.75) is 6.29 Å². The molecule has 1 aromatic rings. The van der Waals surface area contributed by atoms with Gasteiger partial charge in [-0.15, -0.1) is 0 Å². The van der Waals surface area contributed by atoms with Crippen LogP contribution in [0.4, 0.5) is 4.39 Å². The third-order valence-corrected chi connectivity index (χ3v) is 3.02. The molecule has 0 aliphatic heterocycles. The second kappa shape index (κ2) is 9.43. The van der Waals surface area contributed by atoms with Crippen LogP contribution in [0.5, 0.6) is 0 Å². The molecule has 0 amide bonds. The van der Waals surface area contributed by atoms with Crippen molar-refractivity contribution in [1.29, 1.82) is 0 Å². The van der Waals surface area contributed by atoms with Crippen LogP contribution in [0, 0.1) is 5.82 Å². The van der Waals surface area contributed by atoms with Crippen LogP contribution in [0.3, 0.4) is 0 Å². The van der Waals surface area contributed by atoms with Gasteiger partial charge in [-0.2, -0.15) is 0 Å². The van der Waals surface area contributed by atoms with Crippen molar-refractivity contribution >= 4 is 17.6 Å². The van der Waals surface area contributed by atoms with E-state index in [0.29, 0.717) is 11.3 Å². The maximum absolute atomic E-state index is 13.1. The zero-order valence-electron chi connectivity index (χ0n) is 13.2. The monoisotopic (exact) mass is 339 g/mol.